The summed E-state index contributed by atoms with van der Waals surface area (Å²) in [6.07, 6.45) is 3.55. The van der Waals surface area contributed by atoms with Crippen LogP contribution in [-0.2, 0) is 0 Å². The third-order valence-electron chi connectivity index (χ3n) is 3.87. The summed E-state index contributed by atoms with van der Waals surface area (Å²) in [6.45, 7) is 3.03. The second kappa shape index (κ2) is 6.27. The Labute approximate surface area is 128 Å². The molecule has 1 fully saturated rings. The standard InChI is InChI=1S/C16H19FN4O/c1-11-10-13(6-8-18-11)19-16(22)15-7-9-21(20-15)14-4-2-12(17)3-5-14/h2-5,7,9,11,13,18H,6,8,10H2,1H3,(H,19,22). The topological polar surface area (TPSA) is 59.0 Å². The lowest BCUT2D eigenvalue weighted by Gasteiger charge is -2.28. The Kier molecular flexibility index (Phi) is 4.20. The first-order valence-electron chi connectivity index (χ1n) is 7.47. The van der Waals surface area contributed by atoms with Crippen molar-refractivity contribution >= 4 is 5.91 Å². The second-order valence-corrected chi connectivity index (χ2v) is 5.67. The van der Waals surface area contributed by atoms with Crippen LogP contribution in [0, 0.1) is 5.82 Å². The van der Waals surface area contributed by atoms with Crippen molar-refractivity contribution in [1.82, 2.24) is 20.4 Å². The molecule has 0 spiro atoms. The largest absolute Gasteiger partial charge is 0.348 e. The molecule has 2 unspecified atom stereocenters. The van der Waals surface area contributed by atoms with E-state index in [1.54, 1.807) is 29.1 Å². The molecular formula is C16H19FN4O. The molecule has 6 heteroatoms. The van der Waals surface area contributed by atoms with E-state index in [2.05, 4.69) is 22.7 Å². The molecule has 2 atom stereocenters. The van der Waals surface area contributed by atoms with Crippen LogP contribution >= 0.6 is 0 Å². The summed E-state index contributed by atoms with van der Waals surface area (Å²) in [7, 11) is 0. The maximum atomic E-state index is 12.9. The molecule has 2 heterocycles. The fourth-order valence-electron chi connectivity index (χ4n) is 2.71. The number of aromatic nitrogens is 2. The number of nitrogens with zero attached hydrogens (tertiary/aromatic N) is 2. The van der Waals surface area contributed by atoms with Crippen LogP contribution in [0.3, 0.4) is 0 Å². The monoisotopic (exact) mass is 302 g/mol. The number of piperidine rings is 1. The Morgan fingerprint density at radius 2 is 2.14 bits per heavy atom. The first-order valence-corrected chi connectivity index (χ1v) is 7.47. The number of carbonyl (C=O) groups is 1. The van der Waals surface area contributed by atoms with Gasteiger partial charge in [0.05, 0.1) is 5.69 Å². The lowest BCUT2D eigenvalue weighted by molar-refractivity contribution is 0.0920. The van der Waals surface area contributed by atoms with Gasteiger partial charge in [-0.3, -0.25) is 4.79 Å². The van der Waals surface area contributed by atoms with E-state index in [0.29, 0.717) is 11.7 Å². The Morgan fingerprint density at radius 3 is 2.86 bits per heavy atom. The average Bonchev–Trinajstić information content (AvgIpc) is 2.98. The number of hydrogen-bond donors (Lipinski definition) is 2. The molecule has 2 N–H and O–H groups in total. The summed E-state index contributed by atoms with van der Waals surface area (Å²) in [4.78, 5) is 12.3. The van der Waals surface area contributed by atoms with Gasteiger partial charge in [-0.1, -0.05) is 0 Å². The van der Waals surface area contributed by atoms with Gasteiger partial charge < -0.3 is 10.6 Å². The maximum absolute atomic E-state index is 12.9. The van der Waals surface area contributed by atoms with Crippen LogP contribution < -0.4 is 10.6 Å². The van der Waals surface area contributed by atoms with E-state index in [9.17, 15) is 9.18 Å². The summed E-state index contributed by atoms with van der Waals surface area (Å²) in [5.41, 5.74) is 1.09. The minimum absolute atomic E-state index is 0.167. The van der Waals surface area contributed by atoms with Gasteiger partial charge in [0, 0.05) is 18.3 Å². The third-order valence-corrected chi connectivity index (χ3v) is 3.87. The number of benzene rings is 1. The van der Waals surface area contributed by atoms with Crippen LogP contribution in [0.25, 0.3) is 5.69 Å². The SMILES string of the molecule is CC1CC(NC(=O)c2ccn(-c3ccc(F)cc3)n2)CCN1. The van der Waals surface area contributed by atoms with Gasteiger partial charge in [-0.2, -0.15) is 5.10 Å². The molecule has 1 aromatic carbocycles. The molecule has 1 aliphatic rings. The second-order valence-electron chi connectivity index (χ2n) is 5.67. The lowest BCUT2D eigenvalue weighted by Crippen LogP contribution is -2.46. The van der Waals surface area contributed by atoms with Crippen molar-refractivity contribution < 1.29 is 9.18 Å². The first-order chi connectivity index (χ1) is 10.6. The number of halogens is 1. The van der Waals surface area contributed by atoms with Gasteiger partial charge in [0.2, 0.25) is 0 Å². The lowest BCUT2D eigenvalue weighted by atomic mass is 10.0. The predicted molar refractivity (Wildman–Crippen MR) is 81.5 cm³/mol. The molecule has 0 aliphatic carbocycles. The van der Waals surface area contributed by atoms with Gasteiger partial charge in [-0.15, -0.1) is 0 Å². The van der Waals surface area contributed by atoms with Gasteiger partial charge in [0.25, 0.3) is 5.91 Å². The maximum Gasteiger partial charge on any atom is 0.272 e. The minimum atomic E-state index is -0.297. The van der Waals surface area contributed by atoms with E-state index in [1.807, 2.05) is 0 Å². The highest BCUT2D eigenvalue weighted by Crippen LogP contribution is 2.11. The van der Waals surface area contributed by atoms with E-state index in [-0.39, 0.29) is 17.8 Å². The van der Waals surface area contributed by atoms with Gasteiger partial charge in [0.15, 0.2) is 5.69 Å². The first kappa shape index (κ1) is 14.7. The Morgan fingerprint density at radius 1 is 1.36 bits per heavy atom. The van der Waals surface area contributed by atoms with Gasteiger partial charge in [-0.05, 0) is 56.6 Å². The van der Waals surface area contributed by atoms with Crippen molar-refractivity contribution in [2.24, 2.45) is 0 Å². The molecule has 1 aromatic heterocycles. The van der Waals surface area contributed by atoms with Crippen LogP contribution in [0.15, 0.2) is 36.5 Å². The highest BCUT2D eigenvalue weighted by Gasteiger charge is 2.21. The van der Waals surface area contributed by atoms with Crippen LogP contribution in [0.1, 0.15) is 30.3 Å². The van der Waals surface area contributed by atoms with Crippen molar-refractivity contribution in [3.05, 3.63) is 48.0 Å². The average molecular weight is 302 g/mol. The van der Waals surface area contributed by atoms with Gasteiger partial charge >= 0.3 is 0 Å². The van der Waals surface area contributed by atoms with Crippen LogP contribution in [0.2, 0.25) is 0 Å². The highest BCUT2D eigenvalue weighted by molar-refractivity contribution is 5.92. The van der Waals surface area contributed by atoms with E-state index >= 15 is 0 Å². The quantitative estimate of drug-likeness (QED) is 0.910. The van der Waals surface area contributed by atoms with Crippen LogP contribution in [0.5, 0.6) is 0 Å². The van der Waals surface area contributed by atoms with Crippen molar-refractivity contribution in [2.75, 3.05) is 6.54 Å². The van der Waals surface area contributed by atoms with Crippen molar-refractivity contribution in [1.29, 1.82) is 0 Å². The molecule has 0 bridgehead atoms. The summed E-state index contributed by atoms with van der Waals surface area (Å²) in [6, 6.07) is 8.25. The molecule has 22 heavy (non-hydrogen) atoms. The third kappa shape index (κ3) is 3.33. The Balaban J connectivity index is 1.67. The van der Waals surface area contributed by atoms with E-state index < -0.39 is 0 Å². The molecular weight excluding hydrogens is 283 g/mol. The fraction of sp³-hybridized carbons (Fsp3) is 0.375. The normalized spacial score (nSPS) is 21.5. The summed E-state index contributed by atoms with van der Waals surface area (Å²) in [5, 5.41) is 10.6. The molecule has 2 aromatic rings. The minimum Gasteiger partial charge on any atom is -0.348 e. The summed E-state index contributed by atoms with van der Waals surface area (Å²) >= 11 is 0. The zero-order chi connectivity index (χ0) is 15.5. The molecule has 5 nitrogen and oxygen atoms in total. The zero-order valence-corrected chi connectivity index (χ0v) is 12.4. The van der Waals surface area contributed by atoms with E-state index in [4.69, 9.17) is 0 Å². The number of carbonyl (C=O) groups excluding carboxylic acids is 1. The van der Waals surface area contributed by atoms with Crippen LogP contribution in [-0.4, -0.2) is 34.3 Å². The van der Waals surface area contributed by atoms with Gasteiger partial charge in [0.1, 0.15) is 5.82 Å². The number of rotatable bonds is 3. The fourth-order valence-corrected chi connectivity index (χ4v) is 2.71. The predicted octanol–water partition coefficient (Wildman–Crippen LogP) is 1.88. The Bertz CT molecular complexity index is 652. The summed E-state index contributed by atoms with van der Waals surface area (Å²) in [5.74, 6) is -0.464. The molecule has 3 rings (SSSR count). The van der Waals surface area contributed by atoms with Crippen molar-refractivity contribution in [2.45, 2.75) is 31.8 Å². The Hall–Kier alpha value is -2.21. The molecule has 0 saturated carbocycles. The molecule has 116 valence electrons. The van der Waals surface area contributed by atoms with Gasteiger partial charge in [-0.25, -0.2) is 9.07 Å². The smallest absolute Gasteiger partial charge is 0.272 e. The molecule has 1 amide bonds. The van der Waals surface area contributed by atoms with Crippen molar-refractivity contribution in [3.8, 4) is 5.69 Å². The van der Waals surface area contributed by atoms with E-state index in [0.717, 1.165) is 25.1 Å². The number of amides is 1. The highest BCUT2D eigenvalue weighted by atomic mass is 19.1. The van der Waals surface area contributed by atoms with Crippen LogP contribution in [0.4, 0.5) is 4.39 Å². The van der Waals surface area contributed by atoms with Crippen molar-refractivity contribution in [3.63, 3.8) is 0 Å². The van der Waals surface area contributed by atoms with E-state index in [1.165, 1.54) is 12.1 Å². The zero-order valence-electron chi connectivity index (χ0n) is 12.4. The molecule has 1 saturated heterocycles. The number of hydrogen-bond acceptors (Lipinski definition) is 3. The number of nitrogens with one attached hydrogen (secondary N) is 2. The molecule has 0 radical (unpaired) electrons. The molecule has 1 aliphatic heterocycles. The summed E-state index contributed by atoms with van der Waals surface area (Å²) < 4.78 is 14.5.